The Balaban J connectivity index is 1.60. The Morgan fingerprint density at radius 3 is 2.60 bits per heavy atom. The molecule has 0 fully saturated rings. The number of amides is 1. The number of hydrogen-bond donors (Lipinski definition) is 2. The van der Waals surface area contributed by atoms with Crippen LogP contribution in [0.2, 0.25) is 0 Å². The molecule has 0 aliphatic rings. The molecule has 6 heteroatoms. The molecule has 3 aromatic carbocycles. The molecule has 0 saturated carbocycles. The molecule has 2 N–H and O–H groups in total. The monoisotopic (exact) mass is 398 g/mol. The molecule has 30 heavy (non-hydrogen) atoms. The summed E-state index contributed by atoms with van der Waals surface area (Å²) in [5, 5.41) is 13.4. The maximum atomic E-state index is 12.6. The van der Waals surface area contributed by atoms with E-state index in [2.05, 4.69) is 20.7 Å². The van der Waals surface area contributed by atoms with E-state index in [4.69, 9.17) is 4.74 Å². The van der Waals surface area contributed by atoms with E-state index >= 15 is 0 Å². The summed E-state index contributed by atoms with van der Waals surface area (Å²) in [5.74, 6) is 0.333. The average Bonchev–Trinajstić information content (AvgIpc) is 3.26. The number of benzene rings is 3. The van der Waals surface area contributed by atoms with Gasteiger partial charge in [0.05, 0.1) is 24.1 Å². The van der Waals surface area contributed by atoms with Gasteiger partial charge in [-0.1, -0.05) is 60.2 Å². The number of rotatable bonds is 5. The van der Waals surface area contributed by atoms with Crippen LogP contribution in [0.25, 0.3) is 22.0 Å². The van der Waals surface area contributed by atoms with Crippen molar-refractivity contribution in [3.05, 3.63) is 83.6 Å². The maximum absolute atomic E-state index is 12.6. The summed E-state index contributed by atoms with van der Waals surface area (Å²) in [7, 11) is 1.62. The first-order valence-electron chi connectivity index (χ1n) is 9.60. The number of nitrogens with one attached hydrogen (secondary N) is 2. The summed E-state index contributed by atoms with van der Waals surface area (Å²) < 4.78 is 5.54. The summed E-state index contributed by atoms with van der Waals surface area (Å²) >= 11 is 0. The quantitative estimate of drug-likeness (QED) is 0.378. The molecule has 0 spiro atoms. The summed E-state index contributed by atoms with van der Waals surface area (Å²) in [6, 6.07) is 21.6. The lowest BCUT2D eigenvalue weighted by Gasteiger charge is -2.09. The number of ether oxygens (including phenoxy) is 1. The molecule has 0 radical (unpaired) electrons. The number of aryl methyl sites for hydroxylation is 1. The van der Waals surface area contributed by atoms with Gasteiger partial charge >= 0.3 is 0 Å². The molecule has 0 saturated heterocycles. The lowest BCUT2D eigenvalue weighted by atomic mass is 10.0. The second-order valence-corrected chi connectivity index (χ2v) is 7.03. The molecular formula is C24H22N4O2. The number of hydrogen-bond acceptors (Lipinski definition) is 4. The smallest absolute Gasteiger partial charge is 0.289 e. The fourth-order valence-corrected chi connectivity index (χ4v) is 3.31. The predicted molar refractivity (Wildman–Crippen MR) is 119 cm³/mol. The van der Waals surface area contributed by atoms with Crippen molar-refractivity contribution < 1.29 is 9.53 Å². The molecule has 0 bridgehead atoms. The van der Waals surface area contributed by atoms with Gasteiger partial charge in [0.15, 0.2) is 0 Å². The van der Waals surface area contributed by atoms with Gasteiger partial charge in [-0.2, -0.15) is 10.2 Å². The van der Waals surface area contributed by atoms with E-state index in [-0.39, 0.29) is 5.91 Å². The molecule has 150 valence electrons. The Morgan fingerprint density at radius 2 is 1.83 bits per heavy atom. The van der Waals surface area contributed by atoms with Crippen molar-refractivity contribution in [3.8, 4) is 17.0 Å². The fourth-order valence-electron chi connectivity index (χ4n) is 3.31. The van der Waals surface area contributed by atoms with Gasteiger partial charge in [0, 0.05) is 0 Å². The molecule has 0 aliphatic carbocycles. The summed E-state index contributed by atoms with van der Waals surface area (Å²) in [6.07, 6.45) is 0. The van der Waals surface area contributed by atoms with Crippen molar-refractivity contribution in [1.82, 2.24) is 15.6 Å². The first-order valence-corrected chi connectivity index (χ1v) is 9.60. The normalized spacial score (nSPS) is 11.5. The lowest BCUT2D eigenvalue weighted by molar-refractivity contribution is 0.0950. The zero-order valence-electron chi connectivity index (χ0n) is 17.1. The van der Waals surface area contributed by atoms with Gasteiger partial charge in [-0.25, -0.2) is 5.43 Å². The van der Waals surface area contributed by atoms with Crippen LogP contribution in [0, 0.1) is 6.92 Å². The predicted octanol–water partition coefficient (Wildman–Crippen LogP) is 4.70. The van der Waals surface area contributed by atoms with Crippen LogP contribution in [-0.2, 0) is 0 Å². The minimum atomic E-state index is -0.362. The number of aromatic nitrogens is 2. The minimum absolute atomic E-state index is 0.320. The first kappa shape index (κ1) is 19.4. The Kier molecular flexibility index (Phi) is 5.30. The highest BCUT2D eigenvalue weighted by Crippen LogP contribution is 2.36. The van der Waals surface area contributed by atoms with Crippen molar-refractivity contribution in [2.24, 2.45) is 5.10 Å². The molecule has 4 rings (SSSR count). The van der Waals surface area contributed by atoms with Gasteiger partial charge < -0.3 is 4.74 Å². The summed E-state index contributed by atoms with van der Waals surface area (Å²) in [4.78, 5) is 12.6. The van der Waals surface area contributed by atoms with E-state index < -0.39 is 0 Å². The number of carbonyl (C=O) groups is 1. The van der Waals surface area contributed by atoms with Crippen LogP contribution in [0.1, 0.15) is 28.5 Å². The van der Waals surface area contributed by atoms with Crippen molar-refractivity contribution in [2.45, 2.75) is 13.8 Å². The number of nitrogens with zero attached hydrogens (tertiary/aromatic N) is 2. The zero-order valence-corrected chi connectivity index (χ0v) is 17.1. The average molecular weight is 398 g/mol. The zero-order chi connectivity index (χ0) is 21.1. The van der Waals surface area contributed by atoms with Crippen molar-refractivity contribution in [1.29, 1.82) is 0 Å². The minimum Gasteiger partial charge on any atom is -0.496 e. The van der Waals surface area contributed by atoms with E-state index in [1.54, 1.807) is 13.2 Å². The fraction of sp³-hybridized carbons (Fsp3) is 0.125. The Labute approximate surface area is 174 Å². The van der Waals surface area contributed by atoms with Gasteiger partial charge in [0.25, 0.3) is 5.91 Å². The topological polar surface area (TPSA) is 79.4 Å². The van der Waals surface area contributed by atoms with Crippen molar-refractivity contribution in [3.63, 3.8) is 0 Å². The standard InChI is InChI=1S/C24H22N4O2/c1-15-8-10-17(11-9-15)16(2)25-28-24(29)21-14-20(26-27-21)23-19-7-5-4-6-18(19)12-13-22(23)30-3/h4-14H,1-3H3,(H,26,27)(H,28,29)/b25-16+. The van der Waals surface area contributed by atoms with E-state index in [1.807, 2.05) is 74.5 Å². The second-order valence-electron chi connectivity index (χ2n) is 7.03. The third-order valence-corrected chi connectivity index (χ3v) is 4.98. The number of hydrazone groups is 1. The largest absolute Gasteiger partial charge is 0.496 e. The van der Waals surface area contributed by atoms with Crippen LogP contribution in [0.5, 0.6) is 5.75 Å². The number of fused-ring (bicyclic) bond motifs is 1. The molecule has 1 amide bonds. The van der Waals surface area contributed by atoms with Crippen molar-refractivity contribution in [2.75, 3.05) is 7.11 Å². The number of aromatic amines is 1. The van der Waals surface area contributed by atoms with E-state index in [0.717, 1.165) is 27.6 Å². The van der Waals surface area contributed by atoms with Crippen LogP contribution in [-0.4, -0.2) is 28.9 Å². The van der Waals surface area contributed by atoms with Gasteiger partial charge in [0.1, 0.15) is 11.4 Å². The van der Waals surface area contributed by atoms with Crippen LogP contribution in [0.3, 0.4) is 0 Å². The molecule has 4 aromatic rings. The molecule has 0 atom stereocenters. The molecule has 0 aliphatic heterocycles. The number of carbonyl (C=O) groups excluding carboxylic acids is 1. The van der Waals surface area contributed by atoms with E-state index in [1.165, 1.54) is 5.56 Å². The first-order chi connectivity index (χ1) is 14.6. The summed E-state index contributed by atoms with van der Waals surface area (Å²) in [6.45, 7) is 3.88. The summed E-state index contributed by atoms with van der Waals surface area (Å²) in [5.41, 5.74) is 7.22. The molecular weight excluding hydrogens is 376 g/mol. The lowest BCUT2D eigenvalue weighted by Crippen LogP contribution is -2.19. The highest BCUT2D eigenvalue weighted by Gasteiger charge is 2.16. The highest BCUT2D eigenvalue weighted by atomic mass is 16.5. The third kappa shape index (κ3) is 3.80. The van der Waals surface area contributed by atoms with Gasteiger partial charge in [-0.3, -0.25) is 9.89 Å². The molecule has 6 nitrogen and oxygen atoms in total. The highest BCUT2D eigenvalue weighted by molar-refractivity contribution is 6.02. The molecule has 1 heterocycles. The van der Waals surface area contributed by atoms with E-state index in [9.17, 15) is 4.79 Å². The SMILES string of the molecule is COc1ccc2ccccc2c1-c1cc(C(=O)N/N=C(\C)c2ccc(C)cc2)[nH]n1. The van der Waals surface area contributed by atoms with Crippen LogP contribution >= 0.6 is 0 Å². The molecule has 0 unspecified atom stereocenters. The van der Waals surface area contributed by atoms with Crippen LogP contribution in [0.15, 0.2) is 71.8 Å². The number of methoxy groups -OCH3 is 1. The van der Waals surface area contributed by atoms with Gasteiger partial charge in [0.2, 0.25) is 0 Å². The van der Waals surface area contributed by atoms with Gasteiger partial charge in [-0.15, -0.1) is 0 Å². The molecule has 1 aromatic heterocycles. The van der Waals surface area contributed by atoms with Crippen molar-refractivity contribution >= 4 is 22.4 Å². The third-order valence-electron chi connectivity index (χ3n) is 4.98. The Hall–Kier alpha value is -3.93. The second kappa shape index (κ2) is 8.21. The number of H-pyrrole nitrogens is 1. The van der Waals surface area contributed by atoms with Crippen LogP contribution < -0.4 is 10.2 Å². The van der Waals surface area contributed by atoms with E-state index in [0.29, 0.717) is 17.1 Å². The van der Waals surface area contributed by atoms with Gasteiger partial charge in [-0.05, 0) is 42.3 Å². The Morgan fingerprint density at radius 1 is 1.07 bits per heavy atom. The Bertz CT molecular complexity index is 1240. The maximum Gasteiger partial charge on any atom is 0.289 e. The van der Waals surface area contributed by atoms with Crippen LogP contribution in [0.4, 0.5) is 0 Å².